The van der Waals surface area contributed by atoms with E-state index in [4.69, 9.17) is 4.42 Å². The van der Waals surface area contributed by atoms with Crippen LogP contribution in [0.3, 0.4) is 0 Å². The summed E-state index contributed by atoms with van der Waals surface area (Å²) in [6.45, 7) is 1.41. The lowest BCUT2D eigenvalue weighted by atomic mass is 10.1. The van der Waals surface area contributed by atoms with Gasteiger partial charge in [0.2, 0.25) is 5.88 Å². The first-order chi connectivity index (χ1) is 12.5. The van der Waals surface area contributed by atoms with Gasteiger partial charge >= 0.3 is 0 Å². The Bertz CT molecular complexity index is 948. The molecule has 1 N–H and O–H groups in total. The lowest BCUT2D eigenvalue weighted by Gasteiger charge is -2.17. The van der Waals surface area contributed by atoms with Crippen molar-refractivity contribution >= 4 is 56.5 Å². The first-order valence-electron chi connectivity index (χ1n) is 7.62. The molecule has 0 aliphatic rings. The Morgan fingerprint density at radius 1 is 1.15 bits per heavy atom. The van der Waals surface area contributed by atoms with Crippen molar-refractivity contribution in [3.05, 3.63) is 60.2 Å². The van der Waals surface area contributed by atoms with Crippen LogP contribution in [0.25, 0.3) is 11.0 Å². The van der Waals surface area contributed by atoms with Crippen molar-refractivity contribution < 1.29 is 22.8 Å². The molecule has 2 aromatic carbocycles. The van der Waals surface area contributed by atoms with Crippen LogP contribution in [0.5, 0.6) is 0 Å². The molecule has 26 heavy (non-hydrogen) atoms. The number of nitrogens with zero attached hydrogens (tertiary/aromatic N) is 1. The molecule has 0 spiro atoms. The van der Waals surface area contributed by atoms with Crippen LogP contribution in [0.4, 0.5) is 11.6 Å². The lowest BCUT2D eigenvalue weighted by molar-refractivity contribution is -0.109. The number of hydrogen-bond acceptors (Lipinski definition) is 5. The molecule has 0 bridgehead atoms. The van der Waals surface area contributed by atoms with Crippen LogP contribution in [0.15, 0.2) is 59.0 Å². The molecule has 134 valence electrons. The normalized spacial score (nSPS) is 12.1. The van der Waals surface area contributed by atoms with E-state index < -0.39 is 11.3 Å². The van der Waals surface area contributed by atoms with Gasteiger partial charge in [-0.05, 0) is 30.3 Å². The predicted molar refractivity (Wildman–Crippen MR) is 103 cm³/mol. The molecule has 0 radical (unpaired) electrons. The third kappa shape index (κ3) is 4.04. The van der Waals surface area contributed by atoms with Crippen LogP contribution >= 0.6 is 11.8 Å². The van der Waals surface area contributed by atoms with Crippen LogP contribution in [-0.2, 0) is 16.1 Å². The first kappa shape index (κ1) is 18.4. The van der Waals surface area contributed by atoms with Gasteiger partial charge in [-0.2, -0.15) is 0 Å². The predicted octanol–water partition coefficient (Wildman–Crippen LogP) is 4.17. The van der Waals surface area contributed by atoms with E-state index in [1.807, 2.05) is 18.2 Å². The van der Waals surface area contributed by atoms with Crippen molar-refractivity contribution in [2.45, 2.75) is 6.92 Å². The van der Waals surface area contributed by atoms with Crippen molar-refractivity contribution in [2.75, 3.05) is 10.1 Å². The number of thioether (sulfide) groups is 1. The fourth-order valence-electron chi connectivity index (χ4n) is 2.40. The summed E-state index contributed by atoms with van der Waals surface area (Å²) in [6, 6.07) is 15.2. The van der Waals surface area contributed by atoms with Crippen LogP contribution in [-0.4, -0.2) is 25.4 Å². The summed E-state index contributed by atoms with van der Waals surface area (Å²) in [4.78, 5) is 23.0. The second-order valence-electron chi connectivity index (χ2n) is 5.40. The standard InChI is InChI=1S/C18H15NO5S2/c1-12(20)25-11-16(21)13-6-8-15(9-7-13)19(26(22)23)18-10-14-4-2-3-5-17(14)24-18/h2-10H,11H2,1H3,(H,22,23). The largest absolute Gasteiger partial charge is 0.439 e. The van der Waals surface area contributed by atoms with Crippen molar-refractivity contribution in [3.8, 4) is 0 Å². The highest BCUT2D eigenvalue weighted by Gasteiger charge is 2.20. The number of carbonyl (C=O) groups excluding carboxylic acids is 2. The van der Waals surface area contributed by atoms with Gasteiger partial charge in [0.25, 0.3) is 11.3 Å². The third-order valence-corrected chi connectivity index (χ3v) is 5.12. The van der Waals surface area contributed by atoms with E-state index in [0.717, 1.165) is 21.5 Å². The minimum atomic E-state index is -2.35. The van der Waals surface area contributed by atoms with Gasteiger partial charge in [-0.1, -0.05) is 30.0 Å². The highest BCUT2D eigenvalue weighted by Crippen LogP contribution is 2.32. The summed E-state index contributed by atoms with van der Waals surface area (Å²) in [6.07, 6.45) is 0. The summed E-state index contributed by atoms with van der Waals surface area (Å²) in [7, 11) is 0. The van der Waals surface area contributed by atoms with E-state index in [2.05, 4.69) is 0 Å². The summed E-state index contributed by atoms with van der Waals surface area (Å²) < 4.78 is 28.3. The topological polar surface area (TPSA) is 87.8 Å². The fourth-order valence-corrected chi connectivity index (χ4v) is 3.44. The van der Waals surface area contributed by atoms with Crippen molar-refractivity contribution in [2.24, 2.45) is 0 Å². The van der Waals surface area contributed by atoms with E-state index in [-0.39, 0.29) is 22.5 Å². The second-order valence-corrected chi connectivity index (χ2v) is 7.38. The summed E-state index contributed by atoms with van der Waals surface area (Å²) in [5, 5.41) is 0.688. The molecule has 0 aliphatic carbocycles. The number of fused-ring (bicyclic) bond motifs is 1. The molecule has 0 aliphatic heterocycles. The Hall–Kier alpha value is -2.42. The Balaban J connectivity index is 1.88. The quantitative estimate of drug-likeness (QED) is 0.503. The van der Waals surface area contributed by atoms with Gasteiger partial charge in [-0.25, -0.2) is 8.51 Å². The third-order valence-electron chi connectivity index (χ3n) is 3.60. The van der Waals surface area contributed by atoms with Gasteiger partial charge in [0.15, 0.2) is 10.9 Å². The van der Waals surface area contributed by atoms with Gasteiger partial charge in [0, 0.05) is 23.9 Å². The maximum atomic E-state index is 12.0. The number of hydrogen-bond donors (Lipinski definition) is 1. The van der Waals surface area contributed by atoms with Crippen LogP contribution in [0, 0.1) is 0 Å². The lowest BCUT2D eigenvalue weighted by Crippen LogP contribution is -2.18. The Morgan fingerprint density at radius 2 is 1.85 bits per heavy atom. The number of Topliss-reactive ketones (excluding diaryl/α,β-unsaturated/α-hetero) is 1. The summed E-state index contributed by atoms with van der Waals surface area (Å²) >= 11 is -1.41. The highest BCUT2D eigenvalue weighted by atomic mass is 32.2. The number of ketones is 1. The molecule has 0 saturated carbocycles. The number of benzene rings is 2. The van der Waals surface area contributed by atoms with Gasteiger partial charge in [-0.3, -0.25) is 14.1 Å². The SMILES string of the molecule is CC(=O)SCC(=O)c1ccc(N(c2cc3ccccc3o2)S(=O)O)cc1. The molecule has 1 unspecified atom stereocenters. The number of anilines is 2. The molecule has 3 aromatic rings. The molecule has 6 nitrogen and oxygen atoms in total. The van der Waals surface area contributed by atoms with Crippen LogP contribution < -0.4 is 4.31 Å². The molecule has 1 aromatic heterocycles. The van der Waals surface area contributed by atoms with Gasteiger partial charge in [-0.15, -0.1) is 0 Å². The van der Waals surface area contributed by atoms with Gasteiger partial charge < -0.3 is 4.42 Å². The minimum absolute atomic E-state index is 0.0634. The van der Waals surface area contributed by atoms with Crippen LogP contribution in [0.1, 0.15) is 17.3 Å². The van der Waals surface area contributed by atoms with Crippen LogP contribution in [0.2, 0.25) is 0 Å². The molecule has 8 heteroatoms. The average Bonchev–Trinajstić information content (AvgIpc) is 3.03. The van der Waals surface area contributed by atoms with Crippen molar-refractivity contribution in [3.63, 3.8) is 0 Å². The monoisotopic (exact) mass is 389 g/mol. The smallest absolute Gasteiger partial charge is 0.269 e. The zero-order valence-electron chi connectivity index (χ0n) is 13.7. The van der Waals surface area contributed by atoms with Crippen molar-refractivity contribution in [1.29, 1.82) is 0 Å². The highest BCUT2D eigenvalue weighted by molar-refractivity contribution is 8.14. The molecule has 0 fully saturated rings. The zero-order chi connectivity index (χ0) is 18.7. The van der Waals surface area contributed by atoms with Crippen molar-refractivity contribution in [1.82, 2.24) is 0 Å². The Morgan fingerprint density at radius 3 is 2.46 bits per heavy atom. The van der Waals surface area contributed by atoms with Gasteiger partial charge in [0.1, 0.15) is 5.58 Å². The number of furan rings is 1. The number of rotatable bonds is 6. The zero-order valence-corrected chi connectivity index (χ0v) is 15.4. The van der Waals surface area contributed by atoms with E-state index in [9.17, 15) is 18.4 Å². The van der Waals surface area contributed by atoms with E-state index in [0.29, 0.717) is 16.8 Å². The minimum Gasteiger partial charge on any atom is -0.439 e. The summed E-state index contributed by atoms with van der Waals surface area (Å²) in [5.74, 6) is 0.101. The first-order valence-corrected chi connectivity index (χ1v) is 9.67. The average molecular weight is 389 g/mol. The Kier molecular flexibility index (Phi) is 5.55. The van der Waals surface area contributed by atoms with Gasteiger partial charge in [0.05, 0.1) is 11.4 Å². The van der Waals surface area contributed by atoms with E-state index in [1.54, 1.807) is 36.4 Å². The molecule has 3 rings (SSSR count). The Labute approximate surface area is 156 Å². The molecular formula is C18H15NO5S2. The molecule has 0 saturated heterocycles. The van der Waals surface area contributed by atoms with E-state index >= 15 is 0 Å². The maximum absolute atomic E-state index is 12.0. The maximum Gasteiger partial charge on any atom is 0.269 e. The molecule has 0 amide bonds. The van der Waals surface area contributed by atoms with E-state index in [1.165, 1.54) is 6.92 Å². The molecule has 1 heterocycles. The summed E-state index contributed by atoms with van der Waals surface area (Å²) in [5.41, 5.74) is 1.43. The molecular weight excluding hydrogens is 374 g/mol. The second kappa shape index (κ2) is 7.86. The number of para-hydroxylation sites is 1. The fraction of sp³-hybridized carbons (Fsp3) is 0.111. The molecule has 1 atom stereocenters. The number of carbonyl (C=O) groups is 2.